The van der Waals surface area contributed by atoms with E-state index in [1.807, 2.05) is 0 Å². The van der Waals surface area contributed by atoms with Gasteiger partial charge in [-0.3, -0.25) is 0 Å². The molecule has 0 aromatic rings. The molecular weight excluding hydrogens is 174 g/mol. The normalized spacial score (nSPS) is 28.3. The second-order valence-corrected chi connectivity index (χ2v) is 4.67. The summed E-state index contributed by atoms with van der Waals surface area (Å²) < 4.78 is 0. The molecule has 1 aliphatic rings. The Morgan fingerprint density at radius 1 is 1.29 bits per heavy atom. The fourth-order valence-corrected chi connectivity index (χ4v) is 2.10. The van der Waals surface area contributed by atoms with E-state index in [4.69, 9.17) is 5.73 Å². The molecule has 1 rings (SSSR count). The molecule has 0 aromatic heterocycles. The summed E-state index contributed by atoms with van der Waals surface area (Å²) in [7, 11) is 4.23. The van der Waals surface area contributed by atoms with Gasteiger partial charge in [-0.1, -0.05) is 12.8 Å². The number of nitrogens with zero attached hydrogens (tertiary/aromatic N) is 1. The third-order valence-corrected chi connectivity index (χ3v) is 3.01. The molecule has 0 aromatic carbocycles. The van der Waals surface area contributed by atoms with Crippen molar-refractivity contribution >= 4 is 0 Å². The van der Waals surface area contributed by atoms with Crippen molar-refractivity contribution in [1.29, 1.82) is 0 Å². The van der Waals surface area contributed by atoms with Gasteiger partial charge in [0.25, 0.3) is 0 Å². The number of hydrogen-bond acceptors (Lipinski definition) is 3. The van der Waals surface area contributed by atoms with Crippen LogP contribution in [0.1, 0.15) is 32.1 Å². The second kappa shape index (κ2) is 6.38. The van der Waals surface area contributed by atoms with Gasteiger partial charge in [0.2, 0.25) is 0 Å². The van der Waals surface area contributed by atoms with Crippen LogP contribution in [-0.2, 0) is 0 Å². The van der Waals surface area contributed by atoms with Crippen molar-refractivity contribution in [2.45, 2.75) is 44.2 Å². The van der Waals surface area contributed by atoms with Crippen molar-refractivity contribution in [2.75, 3.05) is 27.2 Å². The Balaban J connectivity index is 2.04. The predicted octanol–water partition coefficient (Wildman–Crippen LogP) is 0.798. The van der Waals surface area contributed by atoms with Gasteiger partial charge >= 0.3 is 0 Å². The number of nitrogens with one attached hydrogen (secondary N) is 1. The quantitative estimate of drug-likeness (QED) is 0.644. The topological polar surface area (TPSA) is 41.3 Å². The molecule has 2 atom stereocenters. The van der Waals surface area contributed by atoms with E-state index in [1.165, 1.54) is 32.1 Å². The van der Waals surface area contributed by atoms with Crippen LogP contribution in [0.25, 0.3) is 0 Å². The van der Waals surface area contributed by atoms with Gasteiger partial charge in [-0.05, 0) is 46.4 Å². The van der Waals surface area contributed by atoms with Crippen molar-refractivity contribution in [3.05, 3.63) is 0 Å². The lowest BCUT2D eigenvalue weighted by atomic mass is 9.91. The lowest BCUT2D eigenvalue weighted by Gasteiger charge is -2.29. The Hall–Kier alpha value is -0.120. The molecule has 0 amide bonds. The Kier molecular flexibility index (Phi) is 5.45. The van der Waals surface area contributed by atoms with E-state index in [9.17, 15) is 0 Å². The molecule has 0 radical (unpaired) electrons. The van der Waals surface area contributed by atoms with Gasteiger partial charge in [0.15, 0.2) is 0 Å². The molecular formula is C11H25N3. The number of hydrogen-bond donors (Lipinski definition) is 2. The van der Waals surface area contributed by atoms with Gasteiger partial charge < -0.3 is 16.0 Å². The summed E-state index contributed by atoms with van der Waals surface area (Å²) in [4.78, 5) is 2.22. The van der Waals surface area contributed by atoms with E-state index < -0.39 is 0 Å². The molecule has 3 nitrogen and oxygen atoms in total. The fraction of sp³-hybridized carbons (Fsp3) is 1.00. The Morgan fingerprint density at radius 3 is 2.64 bits per heavy atom. The minimum absolute atomic E-state index is 0.392. The third-order valence-electron chi connectivity index (χ3n) is 3.01. The van der Waals surface area contributed by atoms with Crippen molar-refractivity contribution in [1.82, 2.24) is 10.2 Å². The molecule has 3 N–H and O–H groups in total. The third kappa shape index (κ3) is 4.40. The van der Waals surface area contributed by atoms with Crippen molar-refractivity contribution in [2.24, 2.45) is 5.73 Å². The first-order valence-corrected chi connectivity index (χ1v) is 5.84. The molecule has 0 bridgehead atoms. The highest BCUT2D eigenvalue weighted by molar-refractivity contribution is 4.83. The summed E-state index contributed by atoms with van der Waals surface area (Å²) in [6.45, 7) is 2.27. The minimum Gasteiger partial charge on any atom is -0.326 e. The average molecular weight is 199 g/mol. The molecule has 0 spiro atoms. The fourth-order valence-electron chi connectivity index (χ4n) is 2.10. The molecule has 0 heterocycles. The van der Waals surface area contributed by atoms with E-state index in [1.54, 1.807) is 0 Å². The van der Waals surface area contributed by atoms with Crippen LogP contribution >= 0.6 is 0 Å². The predicted molar refractivity (Wildman–Crippen MR) is 61.4 cm³/mol. The SMILES string of the molecule is CN(C)CCCN[C@@H]1CCCC[C@@H]1N. The largest absolute Gasteiger partial charge is 0.326 e. The second-order valence-electron chi connectivity index (χ2n) is 4.67. The lowest BCUT2D eigenvalue weighted by molar-refractivity contribution is 0.317. The zero-order valence-corrected chi connectivity index (χ0v) is 9.63. The van der Waals surface area contributed by atoms with E-state index in [2.05, 4.69) is 24.3 Å². The van der Waals surface area contributed by atoms with Crippen LogP contribution in [0.2, 0.25) is 0 Å². The smallest absolute Gasteiger partial charge is 0.0219 e. The molecule has 84 valence electrons. The highest BCUT2D eigenvalue weighted by Crippen LogP contribution is 2.16. The molecule has 1 aliphatic carbocycles. The van der Waals surface area contributed by atoms with Gasteiger partial charge in [0, 0.05) is 12.1 Å². The standard InChI is InChI=1S/C11H25N3/c1-14(2)9-5-8-13-11-7-4-3-6-10(11)12/h10-11,13H,3-9,12H2,1-2H3/t10-,11+/m0/s1. The van der Waals surface area contributed by atoms with Crippen LogP contribution < -0.4 is 11.1 Å². The van der Waals surface area contributed by atoms with Gasteiger partial charge in [-0.25, -0.2) is 0 Å². The molecule has 1 saturated carbocycles. The zero-order chi connectivity index (χ0) is 10.4. The number of nitrogens with two attached hydrogens (primary N) is 1. The molecule has 0 saturated heterocycles. The van der Waals surface area contributed by atoms with Gasteiger partial charge in [0.05, 0.1) is 0 Å². The summed E-state index contributed by atoms with van der Waals surface area (Å²) in [5.41, 5.74) is 6.05. The Bertz CT molecular complexity index is 147. The van der Waals surface area contributed by atoms with Crippen molar-refractivity contribution in [3.8, 4) is 0 Å². The first-order valence-electron chi connectivity index (χ1n) is 5.84. The summed E-state index contributed by atoms with van der Waals surface area (Å²) in [5, 5.41) is 3.58. The maximum atomic E-state index is 6.05. The summed E-state index contributed by atoms with van der Waals surface area (Å²) in [6, 6.07) is 0.967. The van der Waals surface area contributed by atoms with Gasteiger partial charge in [-0.2, -0.15) is 0 Å². The van der Waals surface area contributed by atoms with Crippen LogP contribution in [0, 0.1) is 0 Å². The summed E-state index contributed by atoms with van der Waals surface area (Å²) in [6.07, 6.45) is 6.35. The maximum Gasteiger partial charge on any atom is 0.0219 e. The van der Waals surface area contributed by atoms with Gasteiger partial charge in [-0.15, -0.1) is 0 Å². The monoisotopic (exact) mass is 199 g/mol. The molecule has 1 fully saturated rings. The van der Waals surface area contributed by atoms with E-state index in [-0.39, 0.29) is 0 Å². The van der Waals surface area contributed by atoms with Gasteiger partial charge in [0.1, 0.15) is 0 Å². The van der Waals surface area contributed by atoms with E-state index in [0.29, 0.717) is 12.1 Å². The maximum absolute atomic E-state index is 6.05. The first-order chi connectivity index (χ1) is 6.70. The van der Waals surface area contributed by atoms with Crippen LogP contribution in [0.3, 0.4) is 0 Å². The van der Waals surface area contributed by atoms with E-state index >= 15 is 0 Å². The zero-order valence-electron chi connectivity index (χ0n) is 9.63. The first kappa shape index (κ1) is 12.0. The Labute approximate surface area is 88.0 Å². The highest BCUT2D eigenvalue weighted by atomic mass is 15.1. The molecule has 0 aliphatic heterocycles. The van der Waals surface area contributed by atoms with Crippen LogP contribution in [-0.4, -0.2) is 44.2 Å². The highest BCUT2D eigenvalue weighted by Gasteiger charge is 2.20. The molecule has 3 heteroatoms. The average Bonchev–Trinajstić information content (AvgIpc) is 2.15. The lowest BCUT2D eigenvalue weighted by Crippen LogP contribution is -2.47. The molecule has 0 unspecified atom stereocenters. The summed E-state index contributed by atoms with van der Waals surface area (Å²) >= 11 is 0. The minimum atomic E-state index is 0.392. The van der Waals surface area contributed by atoms with Crippen LogP contribution in [0.5, 0.6) is 0 Å². The number of rotatable bonds is 5. The molecule has 14 heavy (non-hydrogen) atoms. The summed E-state index contributed by atoms with van der Waals surface area (Å²) in [5.74, 6) is 0. The van der Waals surface area contributed by atoms with Crippen LogP contribution in [0.15, 0.2) is 0 Å². The van der Waals surface area contributed by atoms with E-state index in [0.717, 1.165) is 13.1 Å². The Morgan fingerprint density at radius 2 is 2.00 bits per heavy atom. The van der Waals surface area contributed by atoms with Crippen molar-refractivity contribution in [3.63, 3.8) is 0 Å². The van der Waals surface area contributed by atoms with Crippen molar-refractivity contribution < 1.29 is 0 Å². The van der Waals surface area contributed by atoms with Crippen LogP contribution in [0.4, 0.5) is 0 Å².